The standard InChI is InChI=1S/C22H38F2N4O9/c1-12(19(33)28-8-4-6-14(28)20(34)35)27-18(32)13(25)5-2-3-7-26-11-21(23,24)22(36)9-15(30)17(31)16(10-29)37-22/h12-17,26,29-31,36H,2-11,25H2,1H3,(H,27,32)(H,34,35). The molecular weight excluding hydrogens is 502 g/mol. The molecule has 37 heavy (non-hydrogen) atoms. The number of hydrogen-bond donors (Lipinski definition) is 8. The Morgan fingerprint density at radius 3 is 2.57 bits per heavy atom. The van der Waals surface area contributed by atoms with Crippen molar-refractivity contribution in [3.8, 4) is 0 Å². The zero-order valence-corrected chi connectivity index (χ0v) is 20.7. The summed E-state index contributed by atoms with van der Waals surface area (Å²) in [4.78, 5) is 37.3. The van der Waals surface area contributed by atoms with Gasteiger partial charge >= 0.3 is 11.9 Å². The zero-order valence-electron chi connectivity index (χ0n) is 20.7. The molecule has 0 aromatic rings. The first-order valence-corrected chi connectivity index (χ1v) is 12.3. The van der Waals surface area contributed by atoms with Crippen molar-refractivity contribution in [2.24, 2.45) is 5.73 Å². The number of halogens is 2. The number of rotatable bonds is 13. The molecule has 2 heterocycles. The lowest BCUT2D eigenvalue weighted by atomic mass is 9.91. The number of aliphatic hydroxyl groups is 4. The molecule has 0 saturated carbocycles. The molecule has 2 aliphatic rings. The number of carboxylic acid groups (broad SMARTS) is 1. The largest absolute Gasteiger partial charge is 0.480 e. The lowest BCUT2D eigenvalue weighted by Crippen LogP contribution is -2.65. The number of carbonyl (C=O) groups is 3. The third-order valence-electron chi connectivity index (χ3n) is 6.71. The monoisotopic (exact) mass is 540 g/mol. The normalized spacial score (nSPS) is 30.1. The highest BCUT2D eigenvalue weighted by atomic mass is 19.3. The Balaban J connectivity index is 1.70. The number of likely N-dealkylation sites (tertiary alicyclic amines) is 1. The van der Waals surface area contributed by atoms with Crippen LogP contribution in [0.15, 0.2) is 0 Å². The third-order valence-corrected chi connectivity index (χ3v) is 6.71. The molecule has 0 radical (unpaired) electrons. The number of aliphatic hydroxyl groups excluding tert-OH is 3. The van der Waals surface area contributed by atoms with Crippen molar-refractivity contribution in [3.05, 3.63) is 0 Å². The van der Waals surface area contributed by atoms with Gasteiger partial charge in [0.2, 0.25) is 17.6 Å². The Kier molecular flexibility index (Phi) is 11.1. The highest BCUT2D eigenvalue weighted by Gasteiger charge is 2.59. The van der Waals surface area contributed by atoms with Gasteiger partial charge in [0.1, 0.15) is 24.3 Å². The van der Waals surface area contributed by atoms with Crippen LogP contribution in [-0.4, -0.2) is 123 Å². The van der Waals surface area contributed by atoms with Gasteiger partial charge in [-0.3, -0.25) is 9.59 Å². The first-order valence-electron chi connectivity index (χ1n) is 12.3. The molecule has 2 fully saturated rings. The van der Waals surface area contributed by atoms with Gasteiger partial charge in [0.05, 0.1) is 25.3 Å². The van der Waals surface area contributed by atoms with Crippen LogP contribution in [0.25, 0.3) is 0 Å². The summed E-state index contributed by atoms with van der Waals surface area (Å²) in [5, 5.41) is 52.9. The van der Waals surface area contributed by atoms with Gasteiger partial charge in [-0.15, -0.1) is 0 Å². The van der Waals surface area contributed by atoms with Crippen molar-refractivity contribution in [1.82, 2.24) is 15.5 Å². The van der Waals surface area contributed by atoms with Crippen LogP contribution in [0.5, 0.6) is 0 Å². The van der Waals surface area contributed by atoms with E-state index in [1.54, 1.807) is 0 Å². The van der Waals surface area contributed by atoms with Gasteiger partial charge in [0, 0.05) is 13.0 Å². The fourth-order valence-corrected chi connectivity index (χ4v) is 4.45. The molecule has 0 spiro atoms. The van der Waals surface area contributed by atoms with E-state index in [1.165, 1.54) is 11.8 Å². The average Bonchev–Trinajstić information content (AvgIpc) is 3.33. The number of alkyl halides is 2. The van der Waals surface area contributed by atoms with Crippen LogP contribution >= 0.6 is 0 Å². The lowest BCUT2D eigenvalue weighted by molar-refractivity contribution is -0.375. The van der Waals surface area contributed by atoms with Gasteiger partial charge in [-0.2, -0.15) is 8.78 Å². The molecular formula is C22H38F2N4O9. The second-order valence-corrected chi connectivity index (χ2v) is 9.63. The summed E-state index contributed by atoms with van der Waals surface area (Å²) in [5.74, 6) is -9.14. The maximum absolute atomic E-state index is 14.6. The number of unbranched alkanes of at least 4 members (excludes halogenated alkanes) is 1. The van der Waals surface area contributed by atoms with E-state index in [4.69, 9.17) is 15.6 Å². The highest BCUT2D eigenvalue weighted by Crippen LogP contribution is 2.39. The number of carboxylic acids is 1. The van der Waals surface area contributed by atoms with Gasteiger partial charge in [0.25, 0.3) is 0 Å². The van der Waals surface area contributed by atoms with Crippen molar-refractivity contribution in [3.63, 3.8) is 0 Å². The molecule has 2 amide bonds. The Bertz CT molecular complexity index is 808. The van der Waals surface area contributed by atoms with E-state index in [1.807, 2.05) is 0 Å². The molecule has 2 aliphatic heterocycles. The number of amides is 2. The van der Waals surface area contributed by atoms with Gasteiger partial charge in [-0.1, -0.05) is 6.42 Å². The zero-order chi connectivity index (χ0) is 28.0. The molecule has 9 N–H and O–H groups in total. The van der Waals surface area contributed by atoms with E-state index < -0.39 is 85.5 Å². The molecule has 2 rings (SSSR count). The molecule has 0 aromatic carbocycles. The number of nitrogens with two attached hydrogens (primary N) is 1. The minimum Gasteiger partial charge on any atom is -0.480 e. The van der Waals surface area contributed by atoms with Crippen molar-refractivity contribution >= 4 is 17.8 Å². The maximum atomic E-state index is 14.6. The van der Waals surface area contributed by atoms with E-state index in [2.05, 4.69) is 10.6 Å². The van der Waals surface area contributed by atoms with Gasteiger partial charge in [-0.25, -0.2) is 4.79 Å². The first kappa shape index (κ1) is 31.2. The maximum Gasteiger partial charge on any atom is 0.326 e. The van der Waals surface area contributed by atoms with Crippen molar-refractivity contribution in [2.45, 2.75) is 93.6 Å². The van der Waals surface area contributed by atoms with E-state index in [9.17, 15) is 43.6 Å². The summed E-state index contributed by atoms with van der Waals surface area (Å²) < 4.78 is 33.9. The Labute approximate surface area is 212 Å². The Morgan fingerprint density at radius 1 is 1.27 bits per heavy atom. The summed E-state index contributed by atoms with van der Waals surface area (Å²) in [6, 6.07) is -2.84. The van der Waals surface area contributed by atoms with Crippen LogP contribution in [0.4, 0.5) is 8.78 Å². The summed E-state index contributed by atoms with van der Waals surface area (Å²) in [7, 11) is 0. The fraction of sp³-hybridized carbons (Fsp3) is 0.864. The number of aliphatic carboxylic acids is 1. The SMILES string of the molecule is CC(NC(=O)C(N)CCCCNCC(F)(F)C1(O)CC(O)C(O)C(CO)O1)C(=O)N1CCCC1C(=O)O. The van der Waals surface area contributed by atoms with Crippen molar-refractivity contribution < 1.29 is 53.4 Å². The topological polar surface area (TPSA) is 215 Å². The van der Waals surface area contributed by atoms with Crippen molar-refractivity contribution in [2.75, 3.05) is 26.2 Å². The van der Waals surface area contributed by atoms with Gasteiger partial charge in [-0.05, 0) is 39.2 Å². The molecule has 7 atom stereocenters. The summed E-state index contributed by atoms with van der Waals surface area (Å²) in [6.45, 7) is -0.0612. The van der Waals surface area contributed by atoms with Gasteiger partial charge in [0.15, 0.2) is 0 Å². The average molecular weight is 541 g/mol. The summed E-state index contributed by atoms with van der Waals surface area (Å²) in [5.41, 5.74) is 5.86. The van der Waals surface area contributed by atoms with Crippen LogP contribution in [0.3, 0.4) is 0 Å². The molecule has 214 valence electrons. The van der Waals surface area contributed by atoms with Crippen LogP contribution in [-0.2, 0) is 19.1 Å². The predicted molar refractivity (Wildman–Crippen MR) is 123 cm³/mol. The fourth-order valence-electron chi connectivity index (χ4n) is 4.45. The van der Waals surface area contributed by atoms with E-state index >= 15 is 0 Å². The molecule has 0 aliphatic carbocycles. The number of nitrogens with one attached hydrogen (secondary N) is 2. The molecule has 15 heteroatoms. The number of nitrogens with zero attached hydrogens (tertiary/aromatic N) is 1. The number of ether oxygens (including phenoxy) is 1. The minimum atomic E-state index is -3.85. The molecule has 7 unspecified atom stereocenters. The Morgan fingerprint density at radius 2 is 1.95 bits per heavy atom. The number of carbonyl (C=O) groups excluding carboxylic acids is 2. The number of hydrogen-bond acceptors (Lipinski definition) is 10. The van der Waals surface area contributed by atoms with Crippen LogP contribution in [0, 0.1) is 0 Å². The molecule has 2 saturated heterocycles. The van der Waals surface area contributed by atoms with Crippen LogP contribution < -0.4 is 16.4 Å². The van der Waals surface area contributed by atoms with E-state index in [0.29, 0.717) is 32.2 Å². The molecule has 0 aromatic heterocycles. The van der Waals surface area contributed by atoms with Crippen LogP contribution in [0.2, 0.25) is 0 Å². The molecule has 13 nitrogen and oxygen atoms in total. The lowest BCUT2D eigenvalue weighted by Gasteiger charge is -2.45. The summed E-state index contributed by atoms with van der Waals surface area (Å²) >= 11 is 0. The molecule has 0 bridgehead atoms. The second-order valence-electron chi connectivity index (χ2n) is 9.63. The first-order chi connectivity index (χ1) is 17.2. The smallest absolute Gasteiger partial charge is 0.326 e. The Hall–Kier alpha value is -2.01. The third kappa shape index (κ3) is 7.75. The highest BCUT2D eigenvalue weighted by molar-refractivity contribution is 5.91. The van der Waals surface area contributed by atoms with Gasteiger partial charge < -0.3 is 51.5 Å². The van der Waals surface area contributed by atoms with E-state index in [-0.39, 0.29) is 13.0 Å². The predicted octanol–water partition coefficient (Wildman–Crippen LogP) is -2.52. The van der Waals surface area contributed by atoms with Crippen LogP contribution in [0.1, 0.15) is 45.4 Å². The van der Waals surface area contributed by atoms with E-state index in [0.717, 1.165) is 0 Å². The van der Waals surface area contributed by atoms with Crippen molar-refractivity contribution in [1.29, 1.82) is 0 Å². The minimum absolute atomic E-state index is 0.0784. The quantitative estimate of drug-likeness (QED) is 0.114. The summed E-state index contributed by atoms with van der Waals surface area (Å²) in [6.07, 6.45) is -4.01. The second kappa shape index (κ2) is 13.2.